The van der Waals surface area contributed by atoms with Gasteiger partial charge in [-0.1, -0.05) is 6.07 Å². The van der Waals surface area contributed by atoms with Crippen molar-refractivity contribution in [2.75, 3.05) is 23.9 Å². The van der Waals surface area contributed by atoms with E-state index in [2.05, 4.69) is 10.6 Å². The first-order valence-corrected chi connectivity index (χ1v) is 7.12. The highest BCUT2D eigenvalue weighted by atomic mass is 32.2. The Labute approximate surface area is 115 Å². The average molecular weight is 281 g/mol. The molecule has 1 unspecified atom stereocenters. The van der Waals surface area contributed by atoms with Gasteiger partial charge in [-0.3, -0.25) is 14.9 Å². The van der Waals surface area contributed by atoms with Gasteiger partial charge in [-0.15, -0.1) is 0 Å². The number of benzene rings is 1. The Balaban J connectivity index is 2.25. The van der Waals surface area contributed by atoms with Crippen molar-refractivity contribution in [1.29, 1.82) is 0 Å². The van der Waals surface area contributed by atoms with Gasteiger partial charge in [-0.2, -0.15) is 11.8 Å². The highest BCUT2D eigenvalue weighted by Crippen LogP contribution is 2.28. The lowest BCUT2D eigenvalue weighted by molar-refractivity contribution is -0.384. The second-order valence-electron chi connectivity index (χ2n) is 4.24. The smallest absolute Gasteiger partial charge is 0.293 e. The first-order valence-electron chi connectivity index (χ1n) is 5.97. The first kappa shape index (κ1) is 13.7. The van der Waals surface area contributed by atoms with E-state index < -0.39 is 4.92 Å². The zero-order valence-electron chi connectivity index (χ0n) is 10.5. The molecule has 102 valence electrons. The molecule has 1 amide bonds. The van der Waals surface area contributed by atoms with Crippen LogP contribution in [0.1, 0.15) is 16.8 Å². The van der Waals surface area contributed by atoms with Crippen LogP contribution in [0.2, 0.25) is 0 Å². The third kappa shape index (κ3) is 2.98. The zero-order chi connectivity index (χ0) is 13.8. The number of rotatable bonds is 4. The molecule has 1 saturated heterocycles. The van der Waals surface area contributed by atoms with Crippen molar-refractivity contribution >= 4 is 29.0 Å². The molecule has 0 radical (unpaired) electrons. The maximum absolute atomic E-state index is 12.2. The Kier molecular flexibility index (Phi) is 4.26. The molecule has 1 fully saturated rings. The van der Waals surface area contributed by atoms with Crippen molar-refractivity contribution in [2.45, 2.75) is 12.5 Å². The summed E-state index contributed by atoms with van der Waals surface area (Å²) >= 11 is 1.80. The number of nitrogens with zero attached hydrogens (tertiary/aromatic N) is 1. The Bertz CT molecular complexity index is 501. The van der Waals surface area contributed by atoms with Gasteiger partial charge in [0.1, 0.15) is 5.69 Å². The van der Waals surface area contributed by atoms with Gasteiger partial charge in [-0.25, -0.2) is 0 Å². The number of anilines is 1. The van der Waals surface area contributed by atoms with E-state index >= 15 is 0 Å². The zero-order valence-corrected chi connectivity index (χ0v) is 11.3. The molecule has 1 aliphatic rings. The summed E-state index contributed by atoms with van der Waals surface area (Å²) in [5.41, 5.74) is 0.486. The number of carbonyl (C=O) groups excluding carboxylic acids is 1. The van der Waals surface area contributed by atoms with Crippen LogP contribution in [0.25, 0.3) is 0 Å². The molecule has 2 rings (SSSR count). The molecular formula is C12H15N3O3S. The predicted octanol–water partition coefficient (Wildman–Crippen LogP) is 1.87. The fourth-order valence-electron chi connectivity index (χ4n) is 2.06. The monoisotopic (exact) mass is 281 g/mol. The van der Waals surface area contributed by atoms with Gasteiger partial charge in [0.25, 0.3) is 11.6 Å². The Morgan fingerprint density at radius 3 is 2.89 bits per heavy atom. The van der Waals surface area contributed by atoms with E-state index in [0.29, 0.717) is 5.56 Å². The Morgan fingerprint density at radius 1 is 1.53 bits per heavy atom. The normalized spacial score (nSPS) is 18.1. The maximum atomic E-state index is 12.2. The molecule has 0 spiro atoms. The minimum Gasteiger partial charge on any atom is -0.382 e. The SMILES string of the molecule is CNc1c(C(=O)NC2CCSC2)cccc1[N+](=O)[O-]. The topological polar surface area (TPSA) is 84.3 Å². The van der Waals surface area contributed by atoms with E-state index in [0.717, 1.165) is 17.9 Å². The molecule has 7 heteroatoms. The van der Waals surface area contributed by atoms with Gasteiger partial charge < -0.3 is 10.6 Å². The van der Waals surface area contributed by atoms with Crippen LogP contribution in [0.4, 0.5) is 11.4 Å². The predicted molar refractivity (Wildman–Crippen MR) is 75.8 cm³/mol. The number of thioether (sulfide) groups is 1. The highest BCUT2D eigenvalue weighted by Gasteiger charge is 2.23. The number of carbonyl (C=O) groups is 1. The molecule has 1 aromatic rings. The molecule has 1 aromatic carbocycles. The van der Waals surface area contributed by atoms with Crippen molar-refractivity contribution in [3.05, 3.63) is 33.9 Å². The number of hydrogen-bond acceptors (Lipinski definition) is 5. The summed E-state index contributed by atoms with van der Waals surface area (Å²) in [7, 11) is 1.57. The number of nitrogens with one attached hydrogen (secondary N) is 2. The van der Waals surface area contributed by atoms with Gasteiger partial charge >= 0.3 is 0 Å². The van der Waals surface area contributed by atoms with Gasteiger partial charge in [0.2, 0.25) is 0 Å². The van der Waals surface area contributed by atoms with Crippen molar-refractivity contribution in [3.63, 3.8) is 0 Å². The molecule has 0 aromatic heterocycles. The Hall–Kier alpha value is -1.76. The molecule has 0 saturated carbocycles. The number of hydrogen-bond donors (Lipinski definition) is 2. The quantitative estimate of drug-likeness (QED) is 0.650. The third-order valence-electron chi connectivity index (χ3n) is 3.00. The summed E-state index contributed by atoms with van der Waals surface area (Å²) in [5.74, 6) is 1.68. The van der Waals surface area contributed by atoms with Crippen LogP contribution in [-0.4, -0.2) is 35.4 Å². The second-order valence-corrected chi connectivity index (χ2v) is 5.39. The summed E-state index contributed by atoms with van der Waals surface area (Å²) < 4.78 is 0. The van der Waals surface area contributed by atoms with E-state index in [4.69, 9.17) is 0 Å². The van der Waals surface area contributed by atoms with Crippen LogP contribution in [0, 0.1) is 10.1 Å². The van der Waals surface area contributed by atoms with Gasteiger partial charge in [0.05, 0.1) is 10.5 Å². The number of amides is 1. The molecular weight excluding hydrogens is 266 g/mol. The molecule has 2 N–H and O–H groups in total. The lowest BCUT2D eigenvalue weighted by Gasteiger charge is -2.13. The van der Waals surface area contributed by atoms with E-state index in [9.17, 15) is 14.9 Å². The standard InChI is InChI=1S/C12H15N3O3S/c1-13-11-9(3-2-4-10(11)15(17)18)12(16)14-8-5-6-19-7-8/h2-4,8,13H,5-7H2,1H3,(H,14,16). The van der Waals surface area contributed by atoms with E-state index in [-0.39, 0.29) is 23.3 Å². The lowest BCUT2D eigenvalue weighted by Crippen LogP contribution is -2.35. The molecule has 1 atom stereocenters. The van der Waals surface area contributed by atoms with Gasteiger partial charge in [-0.05, 0) is 18.2 Å². The largest absolute Gasteiger partial charge is 0.382 e. The van der Waals surface area contributed by atoms with Crippen LogP contribution in [-0.2, 0) is 0 Å². The van der Waals surface area contributed by atoms with E-state index in [1.807, 2.05) is 0 Å². The summed E-state index contributed by atoms with van der Waals surface area (Å²) in [6.45, 7) is 0. The summed E-state index contributed by atoms with van der Waals surface area (Å²) in [6.07, 6.45) is 0.945. The summed E-state index contributed by atoms with van der Waals surface area (Å²) in [4.78, 5) is 22.6. The summed E-state index contributed by atoms with van der Waals surface area (Å²) in [6, 6.07) is 4.66. The Morgan fingerprint density at radius 2 is 2.32 bits per heavy atom. The van der Waals surface area contributed by atoms with Crippen LogP contribution >= 0.6 is 11.8 Å². The average Bonchev–Trinajstić information content (AvgIpc) is 2.90. The molecule has 0 bridgehead atoms. The van der Waals surface area contributed by atoms with Crippen molar-refractivity contribution in [3.8, 4) is 0 Å². The molecule has 0 aliphatic carbocycles. The van der Waals surface area contributed by atoms with Crippen LogP contribution in [0.5, 0.6) is 0 Å². The number of para-hydroxylation sites is 1. The van der Waals surface area contributed by atoms with E-state index in [1.165, 1.54) is 12.1 Å². The molecule has 6 nitrogen and oxygen atoms in total. The fourth-order valence-corrected chi connectivity index (χ4v) is 3.21. The molecule has 19 heavy (non-hydrogen) atoms. The van der Waals surface area contributed by atoms with Crippen LogP contribution < -0.4 is 10.6 Å². The minimum absolute atomic E-state index is 0.0871. The maximum Gasteiger partial charge on any atom is 0.293 e. The van der Waals surface area contributed by atoms with Crippen molar-refractivity contribution < 1.29 is 9.72 Å². The van der Waals surface area contributed by atoms with Crippen LogP contribution in [0.15, 0.2) is 18.2 Å². The van der Waals surface area contributed by atoms with Gasteiger partial charge in [0.15, 0.2) is 0 Å². The molecule has 1 aliphatic heterocycles. The number of nitro groups is 1. The number of nitro benzene ring substituents is 1. The summed E-state index contributed by atoms with van der Waals surface area (Å²) in [5, 5.41) is 16.6. The first-order chi connectivity index (χ1) is 9.13. The van der Waals surface area contributed by atoms with Crippen LogP contribution in [0.3, 0.4) is 0 Å². The van der Waals surface area contributed by atoms with Gasteiger partial charge in [0, 0.05) is 24.9 Å². The second kappa shape index (κ2) is 5.92. The fraction of sp³-hybridized carbons (Fsp3) is 0.417. The van der Waals surface area contributed by atoms with Crippen molar-refractivity contribution in [1.82, 2.24) is 5.32 Å². The third-order valence-corrected chi connectivity index (χ3v) is 4.16. The minimum atomic E-state index is -0.492. The van der Waals surface area contributed by atoms with Crippen molar-refractivity contribution in [2.24, 2.45) is 0 Å². The molecule has 1 heterocycles. The lowest BCUT2D eigenvalue weighted by atomic mass is 10.1. The van der Waals surface area contributed by atoms with E-state index in [1.54, 1.807) is 24.9 Å². The highest BCUT2D eigenvalue weighted by molar-refractivity contribution is 7.99.